The minimum atomic E-state index is -0.460. The van der Waals surface area contributed by atoms with E-state index in [-0.39, 0.29) is 5.69 Å². The lowest BCUT2D eigenvalue weighted by Gasteiger charge is -2.08. The van der Waals surface area contributed by atoms with E-state index in [1.54, 1.807) is 6.07 Å². The second-order valence-corrected chi connectivity index (χ2v) is 4.01. The van der Waals surface area contributed by atoms with Crippen molar-refractivity contribution >= 4 is 23.0 Å². The van der Waals surface area contributed by atoms with Gasteiger partial charge in [-0.2, -0.15) is 0 Å². The van der Waals surface area contributed by atoms with E-state index in [4.69, 9.17) is 11.6 Å². The number of nitro benzene ring substituents is 1. The van der Waals surface area contributed by atoms with E-state index in [9.17, 15) is 10.1 Å². The second kappa shape index (κ2) is 7.09. The molecule has 0 spiro atoms. The number of halogens is 1. The van der Waals surface area contributed by atoms with Crippen LogP contribution < -0.4 is 10.6 Å². The van der Waals surface area contributed by atoms with Gasteiger partial charge in [0.25, 0.3) is 5.69 Å². The van der Waals surface area contributed by atoms with Gasteiger partial charge in [0, 0.05) is 25.2 Å². The van der Waals surface area contributed by atoms with E-state index in [0.29, 0.717) is 5.02 Å². The molecule has 0 atom stereocenters. The van der Waals surface area contributed by atoms with Gasteiger partial charge < -0.3 is 10.6 Å². The average Bonchev–Trinajstić information content (AvgIpc) is 2.30. The van der Waals surface area contributed by atoms with Crippen molar-refractivity contribution in [1.82, 2.24) is 5.32 Å². The third kappa shape index (κ3) is 4.58. The first-order valence-electron chi connectivity index (χ1n) is 5.53. The molecule has 0 saturated carbocycles. The van der Waals surface area contributed by atoms with Crippen LogP contribution in [0.2, 0.25) is 5.02 Å². The first-order chi connectivity index (χ1) is 8.15. The molecule has 0 amide bonds. The highest BCUT2D eigenvalue weighted by Gasteiger charge is 2.08. The van der Waals surface area contributed by atoms with Gasteiger partial charge in [0.05, 0.1) is 15.6 Å². The van der Waals surface area contributed by atoms with Crippen LogP contribution in [0, 0.1) is 10.1 Å². The highest BCUT2D eigenvalue weighted by Crippen LogP contribution is 2.26. The van der Waals surface area contributed by atoms with E-state index >= 15 is 0 Å². The molecule has 0 unspecified atom stereocenters. The van der Waals surface area contributed by atoms with E-state index in [1.807, 2.05) is 0 Å². The van der Waals surface area contributed by atoms with E-state index in [2.05, 4.69) is 17.6 Å². The number of non-ortho nitro benzene ring substituents is 1. The van der Waals surface area contributed by atoms with Crippen LogP contribution in [0.25, 0.3) is 0 Å². The van der Waals surface area contributed by atoms with Crippen LogP contribution in [0.4, 0.5) is 11.4 Å². The summed E-state index contributed by atoms with van der Waals surface area (Å²) in [5.74, 6) is 0. The maximum absolute atomic E-state index is 10.5. The van der Waals surface area contributed by atoms with Crippen molar-refractivity contribution in [1.29, 1.82) is 0 Å². The molecule has 0 aromatic heterocycles. The van der Waals surface area contributed by atoms with Crippen LogP contribution in [-0.4, -0.2) is 24.6 Å². The van der Waals surface area contributed by atoms with Crippen molar-refractivity contribution in [2.75, 3.05) is 25.0 Å². The van der Waals surface area contributed by atoms with Crippen molar-refractivity contribution in [2.45, 2.75) is 13.3 Å². The minimum absolute atomic E-state index is 0.00431. The molecular weight excluding hydrogens is 242 g/mol. The maximum Gasteiger partial charge on any atom is 0.271 e. The fraction of sp³-hybridized carbons (Fsp3) is 0.455. The Bertz CT molecular complexity index is 385. The number of nitrogens with zero attached hydrogens (tertiary/aromatic N) is 1. The summed E-state index contributed by atoms with van der Waals surface area (Å²) in [5, 5.41) is 17.2. The monoisotopic (exact) mass is 257 g/mol. The van der Waals surface area contributed by atoms with Gasteiger partial charge in [0.15, 0.2) is 0 Å². The van der Waals surface area contributed by atoms with Gasteiger partial charge in [-0.05, 0) is 19.0 Å². The van der Waals surface area contributed by atoms with Gasteiger partial charge in [-0.15, -0.1) is 0 Å². The topological polar surface area (TPSA) is 67.2 Å². The number of rotatable bonds is 7. The first-order valence-corrected chi connectivity index (χ1v) is 5.91. The van der Waals surface area contributed by atoms with Gasteiger partial charge in [0.1, 0.15) is 0 Å². The summed E-state index contributed by atoms with van der Waals surface area (Å²) in [6.07, 6.45) is 1.10. The molecule has 1 rings (SSSR count). The molecule has 6 heteroatoms. The third-order valence-electron chi connectivity index (χ3n) is 2.21. The van der Waals surface area contributed by atoms with Gasteiger partial charge in [-0.3, -0.25) is 10.1 Å². The normalized spacial score (nSPS) is 10.2. The standard InChI is InChI=1S/C11H16ClN3O2/c1-2-5-13-6-7-14-11-4-3-9(15(16)17)8-10(11)12/h3-4,8,13-14H,2,5-7H2,1H3. The molecule has 0 aliphatic carbocycles. The number of hydrogen-bond donors (Lipinski definition) is 2. The molecule has 2 N–H and O–H groups in total. The SMILES string of the molecule is CCCNCCNc1ccc([N+](=O)[O-])cc1Cl. The van der Waals surface area contributed by atoms with E-state index in [0.717, 1.165) is 31.7 Å². The Morgan fingerprint density at radius 2 is 2.12 bits per heavy atom. The lowest BCUT2D eigenvalue weighted by Crippen LogP contribution is -2.22. The number of benzene rings is 1. The van der Waals surface area contributed by atoms with Crippen LogP contribution in [0.3, 0.4) is 0 Å². The molecule has 17 heavy (non-hydrogen) atoms. The lowest BCUT2D eigenvalue weighted by atomic mass is 10.3. The van der Waals surface area contributed by atoms with Gasteiger partial charge in [-0.25, -0.2) is 0 Å². The fourth-order valence-electron chi connectivity index (χ4n) is 1.35. The molecule has 0 bridgehead atoms. The molecule has 0 heterocycles. The summed E-state index contributed by atoms with van der Waals surface area (Å²) in [7, 11) is 0. The van der Waals surface area contributed by atoms with Crippen molar-refractivity contribution < 1.29 is 4.92 Å². The number of nitrogens with one attached hydrogen (secondary N) is 2. The average molecular weight is 258 g/mol. The van der Waals surface area contributed by atoms with Gasteiger partial charge in [0.2, 0.25) is 0 Å². The maximum atomic E-state index is 10.5. The molecule has 0 saturated heterocycles. The molecule has 0 aliphatic heterocycles. The van der Waals surface area contributed by atoms with Crippen molar-refractivity contribution in [3.63, 3.8) is 0 Å². The summed E-state index contributed by atoms with van der Waals surface area (Å²) >= 11 is 5.93. The molecule has 94 valence electrons. The molecule has 0 radical (unpaired) electrons. The zero-order valence-electron chi connectivity index (χ0n) is 9.70. The van der Waals surface area contributed by atoms with Crippen molar-refractivity contribution in [2.24, 2.45) is 0 Å². The van der Waals surface area contributed by atoms with E-state index < -0.39 is 4.92 Å². The van der Waals surface area contributed by atoms with E-state index in [1.165, 1.54) is 12.1 Å². The number of hydrogen-bond acceptors (Lipinski definition) is 4. The van der Waals surface area contributed by atoms with Crippen LogP contribution >= 0.6 is 11.6 Å². The fourth-order valence-corrected chi connectivity index (χ4v) is 1.59. The Kier molecular flexibility index (Phi) is 5.72. The third-order valence-corrected chi connectivity index (χ3v) is 2.52. The Hall–Kier alpha value is -1.33. The van der Waals surface area contributed by atoms with Crippen LogP contribution in [0.15, 0.2) is 18.2 Å². The van der Waals surface area contributed by atoms with Crippen molar-refractivity contribution in [3.8, 4) is 0 Å². The first kappa shape index (κ1) is 13.7. The molecule has 5 nitrogen and oxygen atoms in total. The minimum Gasteiger partial charge on any atom is -0.383 e. The van der Waals surface area contributed by atoms with Crippen LogP contribution in [0.5, 0.6) is 0 Å². The number of anilines is 1. The highest BCUT2D eigenvalue weighted by molar-refractivity contribution is 6.33. The Morgan fingerprint density at radius 3 is 2.71 bits per heavy atom. The zero-order chi connectivity index (χ0) is 12.7. The largest absolute Gasteiger partial charge is 0.383 e. The predicted molar refractivity (Wildman–Crippen MR) is 69.8 cm³/mol. The highest BCUT2D eigenvalue weighted by atomic mass is 35.5. The summed E-state index contributed by atoms with van der Waals surface area (Å²) in [6, 6.07) is 4.41. The predicted octanol–water partition coefficient (Wildman–Crippen LogP) is 2.66. The molecular formula is C11H16ClN3O2. The summed E-state index contributed by atoms with van der Waals surface area (Å²) in [4.78, 5) is 10.1. The van der Waals surface area contributed by atoms with Crippen LogP contribution in [-0.2, 0) is 0 Å². The quantitative estimate of drug-likeness (QED) is 0.448. The Balaban J connectivity index is 2.46. The Labute approximate surface area is 105 Å². The summed E-state index contributed by atoms with van der Waals surface area (Å²) in [6.45, 7) is 4.65. The number of nitro groups is 1. The summed E-state index contributed by atoms with van der Waals surface area (Å²) in [5.41, 5.74) is 0.722. The molecule has 0 fully saturated rings. The van der Waals surface area contributed by atoms with Crippen LogP contribution in [0.1, 0.15) is 13.3 Å². The van der Waals surface area contributed by atoms with Gasteiger partial charge >= 0.3 is 0 Å². The lowest BCUT2D eigenvalue weighted by molar-refractivity contribution is -0.384. The second-order valence-electron chi connectivity index (χ2n) is 3.60. The van der Waals surface area contributed by atoms with Gasteiger partial charge in [-0.1, -0.05) is 18.5 Å². The molecule has 0 aliphatic rings. The molecule has 1 aromatic carbocycles. The Morgan fingerprint density at radius 1 is 1.35 bits per heavy atom. The summed E-state index contributed by atoms with van der Waals surface area (Å²) < 4.78 is 0. The zero-order valence-corrected chi connectivity index (χ0v) is 10.5. The van der Waals surface area contributed by atoms with Crippen molar-refractivity contribution in [3.05, 3.63) is 33.3 Å². The smallest absolute Gasteiger partial charge is 0.271 e. The molecule has 1 aromatic rings.